The van der Waals surface area contributed by atoms with Gasteiger partial charge in [0, 0.05) is 17.8 Å². The first kappa shape index (κ1) is 17.7. The number of halogens is 2. The maximum Gasteiger partial charge on any atom is 0.276 e. The van der Waals surface area contributed by atoms with Crippen LogP contribution in [-0.4, -0.2) is 29.3 Å². The lowest BCUT2D eigenvalue weighted by Gasteiger charge is -2.18. The quantitative estimate of drug-likeness (QED) is 0.716. The van der Waals surface area contributed by atoms with E-state index in [2.05, 4.69) is 20.8 Å². The average Bonchev–Trinajstić information content (AvgIpc) is 2.70. The van der Waals surface area contributed by atoms with E-state index < -0.39 is 17.5 Å². The van der Waals surface area contributed by atoms with Crippen LogP contribution in [0.5, 0.6) is 11.5 Å². The van der Waals surface area contributed by atoms with Crippen LogP contribution in [0, 0.1) is 11.6 Å². The highest BCUT2D eigenvalue weighted by Crippen LogP contribution is 2.32. The number of rotatable bonds is 4. The van der Waals surface area contributed by atoms with E-state index >= 15 is 0 Å². The first-order valence-electron chi connectivity index (χ1n) is 8.35. The molecule has 142 valence electrons. The highest BCUT2D eigenvalue weighted by Gasteiger charge is 2.14. The SMILES string of the molecule is O=C(Nc1ccc2c(c1)OCCO2)c1ccc(Nc2ccc(F)cc2F)nn1. The van der Waals surface area contributed by atoms with Crippen LogP contribution in [-0.2, 0) is 0 Å². The molecule has 2 N–H and O–H groups in total. The molecule has 2 aromatic carbocycles. The van der Waals surface area contributed by atoms with Crippen LogP contribution in [0.25, 0.3) is 0 Å². The summed E-state index contributed by atoms with van der Waals surface area (Å²) in [6, 6.07) is 11.1. The first-order chi connectivity index (χ1) is 13.6. The van der Waals surface area contributed by atoms with Crippen molar-refractivity contribution >= 4 is 23.1 Å². The number of fused-ring (bicyclic) bond motifs is 1. The van der Waals surface area contributed by atoms with Crippen LogP contribution in [0.2, 0.25) is 0 Å². The molecule has 0 unspecified atom stereocenters. The van der Waals surface area contributed by atoms with Crippen LogP contribution in [0.3, 0.4) is 0 Å². The van der Waals surface area contributed by atoms with Gasteiger partial charge in [-0.2, -0.15) is 0 Å². The third-order valence-electron chi connectivity index (χ3n) is 3.89. The molecular formula is C19H14F2N4O3. The van der Waals surface area contributed by atoms with Crippen molar-refractivity contribution in [2.24, 2.45) is 0 Å². The van der Waals surface area contributed by atoms with E-state index in [-0.39, 0.29) is 17.2 Å². The summed E-state index contributed by atoms with van der Waals surface area (Å²) in [5, 5.41) is 13.0. The zero-order valence-corrected chi connectivity index (χ0v) is 14.4. The molecule has 0 fully saturated rings. The van der Waals surface area contributed by atoms with Gasteiger partial charge >= 0.3 is 0 Å². The van der Waals surface area contributed by atoms with Gasteiger partial charge in [-0.1, -0.05) is 0 Å². The monoisotopic (exact) mass is 384 g/mol. The van der Waals surface area contributed by atoms with Crippen molar-refractivity contribution in [3.63, 3.8) is 0 Å². The fraction of sp³-hybridized carbons (Fsp3) is 0.105. The van der Waals surface area contributed by atoms with Gasteiger partial charge in [0.05, 0.1) is 5.69 Å². The van der Waals surface area contributed by atoms with Gasteiger partial charge in [0.1, 0.15) is 24.8 Å². The van der Waals surface area contributed by atoms with E-state index in [1.165, 1.54) is 18.2 Å². The number of ether oxygens (including phenoxy) is 2. The van der Waals surface area contributed by atoms with Crippen molar-refractivity contribution in [1.82, 2.24) is 10.2 Å². The molecule has 9 heteroatoms. The number of aromatic nitrogens is 2. The highest BCUT2D eigenvalue weighted by atomic mass is 19.1. The Morgan fingerprint density at radius 2 is 1.75 bits per heavy atom. The maximum atomic E-state index is 13.7. The Hall–Kier alpha value is -3.75. The second-order valence-corrected chi connectivity index (χ2v) is 5.87. The largest absolute Gasteiger partial charge is 0.486 e. The lowest BCUT2D eigenvalue weighted by atomic mass is 10.2. The Kier molecular flexibility index (Phi) is 4.71. The van der Waals surface area contributed by atoms with Crippen LogP contribution in [0.1, 0.15) is 10.5 Å². The summed E-state index contributed by atoms with van der Waals surface area (Å²) in [5.41, 5.74) is 0.635. The summed E-state index contributed by atoms with van der Waals surface area (Å²) in [7, 11) is 0. The molecule has 4 rings (SSSR count). The minimum Gasteiger partial charge on any atom is -0.486 e. The standard InChI is InChI=1S/C19H14F2N4O3/c20-11-1-3-14(13(21)9-11)23-18-6-4-15(24-25-18)19(26)22-12-2-5-16-17(10-12)28-8-7-27-16/h1-6,9-10H,7-8H2,(H,22,26)(H,23,25). The van der Waals surface area contributed by atoms with Gasteiger partial charge < -0.3 is 20.1 Å². The lowest BCUT2D eigenvalue weighted by molar-refractivity contribution is 0.102. The number of nitrogens with one attached hydrogen (secondary N) is 2. The van der Waals surface area contributed by atoms with Gasteiger partial charge in [-0.05, 0) is 36.4 Å². The van der Waals surface area contributed by atoms with Gasteiger partial charge in [0.15, 0.2) is 23.0 Å². The molecule has 2 heterocycles. The van der Waals surface area contributed by atoms with Crippen LogP contribution >= 0.6 is 0 Å². The Morgan fingerprint density at radius 1 is 0.929 bits per heavy atom. The van der Waals surface area contributed by atoms with E-state index in [1.807, 2.05) is 0 Å². The normalized spacial score (nSPS) is 12.4. The number of anilines is 3. The molecule has 1 amide bonds. The number of hydrogen-bond acceptors (Lipinski definition) is 6. The smallest absolute Gasteiger partial charge is 0.276 e. The molecule has 0 bridgehead atoms. The molecule has 1 aromatic heterocycles. The third-order valence-corrected chi connectivity index (χ3v) is 3.89. The van der Waals surface area contributed by atoms with Gasteiger partial charge in [0.25, 0.3) is 5.91 Å². The number of carbonyl (C=O) groups is 1. The molecule has 0 atom stereocenters. The molecule has 0 saturated carbocycles. The van der Waals surface area contributed by atoms with Gasteiger partial charge in [-0.25, -0.2) is 8.78 Å². The molecular weight excluding hydrogens is 370 g/mol. The molecule has 3 aromatic rings. The predicted molar refractivity (Wildman–Crippen MR) is 97.1 cm³/mol. The van der Waals surface area contributed by atoms with E-state index in [0.29, 0.717) is 30.4 Å². The van der Waals surface area contributed by atoms with Crippen LogP contribution in [0.15, 0.2) is 48.5 Å². The van der Waals surface area contributed by atoms with Crippen molar-refractivity contribution in [1.29, 1.82) is 0 Å². The van der Waals surface area contributed by atoms with Crippen molar-refractivity contribution in [2.75, 3.05) is 23.8 Å². The van der Waals surface area contributed by atoms with E-state index in [1.54, 1.807) is 18.2 Å². The van der Waals surface area contributed by atoms with Crippen molar-refractivity contribution in [2.45, 2.75) is 0 Å². The molecule has 0 saturated heterocycles. The van der Waals surface area contributed by atoms with Crippen molar-refractivity contribution in [3.8, 4) is 11.5 Å². The fourth-order valence-electron chi connectivity index (χ4n) is 2.57. The van der Waals surface area contributed by atoms with Crippen molar-refractivity contribution in [3.05, 3.63) is 65.9 Å². The average molecular weight is 384 g/mol. The highest BCUT2D eigenvalue weighted by molar-refractivity contribution is 6.03. The molecule has 1 aliphatic rings. The summed E-state index contributed by atoms with van der Waals surface area (Å²) in [6.45, 7) is 0.926. The lowest BCUT2D eigenvalue weighted by Crippen LogP contribution is -2.17. The number of carbonyl (C=O) groups excluding carboxylic acids is 1. The van der Waals surface area contributed by atoms with Crippen LogP contribution in [0.4, 0.5) is 26.0 Å². The molecule has 0 spiro atoms. The summed E-state index contributed by atoms with van der Waals surface area (Å²) >= 11 is 0. The number of benzene rings is 2. The molecule has 0 aliphatic carbocycles. The topological polar surface area (TPSA) is 85.4 Å². The zero-order chi connectivity index (χ0) is 19.5. The Morgan fingerprint density at radius 3 is 2.50 bits per heavy atom. The first-order valence-corrected chi connectivity index (χ1v) is 8.35. The summed E-state index contributed by atoms with van der Waals surface area (Å²) in [5.74, 6) is -0.531. The van der Waals surface area contributed by atoms with Crippen LogP contribution < -0.4 is 20.1 Å². The number of amides is 1. The van der Waals surface area contributed by atoms with Crippen molar-refractivity contribution < 1.29 is 23.0 Å². The second-order valence-electron chi connectivity index (χ2n) is 5.87. The molecule has 7 nitrogen and oxygen atoms in total. The minimum atomic E-state index is -0.762. The van der Waals surface area contributed by atoms with Gasteiger partial charge in [-0.3, -0.25) is 4.79 Å². The summed E-state index contributed by atoms with van der Waals surface area (Å²) < 4.78 is 37.5. The minimum absolute atomic E-state index is 0.0455. The Labute approximate surface area is 158 Å². The predicted octanol–water partition coefficient (Wildman–Crippen LogP) is 3.52. The molecule has 1 aliphatic heterocycles. The molecule has 28 heavy (non-hydrogen) atoms. The number of nitrogens with zero attached hydrogens (tertiary/aromatic N) is 2. The summed E-state index contributed by atoms with van der Waals surface area (Å²) in [6.07, 6.45) is 0. The fourth-order valence-corrected chi connectivity index (χ4v) is 2.57. The second kappa shape index (κ2) is 7.47. The van der Waals surface area contributed by atoms with Gasteiger partial charge in [0.2, 0.25) is 0 Å². The van der Waals surface area contributed by atoms with E-state index in [4.69, 9.17) is 9.47 Å². The summed E-state index contributed by atoms with van der Waals surface area (Å²) in [4.78, 5) is 12.3. The maximum absolute atomic E-state index is 13.7. The third kappa shape index (κ3) is 3.83. The number of hydrogen-bond donors (Lipinski definition) is 2. The zero-order valence-electron chi connectivity index (χ0n) is 14.4. The Balaban J connectivity index is 1.44. The Bertz CT molecular complexity index is 1030. The molecule has 0 radical (unpaired) electrons. The van der Waals surface area contributed by atoms with E-state index in [9.17, 15) is 13.6 Å². The van der Waals surface area contributed by atoms with E-state index in [0.717, 1.165) is 12.1 Å². The van der Waals surface area contributed by atoms with Gasteiger partial charge in [-0.15, -0.1) is 10.2 Å².